The summed E-state index contributed by atoms with van der Waals surface area (Å²) >= 11 is 10.9. The van der Waals surface area contributed by atoms with Crippen LogP contribution < -0.4 is 15.2 Å². The van der Waals surface area contributed by atoms with Gasteiger partial charge in [0.2, 0.25) is 0 Å². The van der Waals surface area contributed by atoms with Crippen molar-refractivity contribution in [3.05, 3.63) is 34.3 Å². The number of carboxylic acids is 1. The van der Waals surface area contributed by atoms with Gasteiger partial charge in [-0.1, -0.05) is 35.3 Å². The predicted octanol–water partition coefficient (Wildman–Crippen LogP) is 1.46. The highest BCUT2D eigenvalue weighted by Crippen LogP contribution is 2.25. The molecular weight excluding hydrogens is 293 g/mol. The minimum absolute atomic E-state index is 0.357. The fourth-order valence-electron chi connectivity index (χ4n) is 1.22. The zero-order valence-corrected chi connectivity index (χ0v) is 11.4. The molecule has 0 spiro atoms. The van der Waals surface area contributed by atoms with Crippen LogP contribution in [0.1, 0.15) is 6.92 Å². The Balaban J connectivity index is 2.94. The summed E-state index contributed by atoms with van der Waals surface area (Å²) in [5, 5.41) is 11.4. The SMILES string of the molecule is CCOc1ccccc1NC(=O)/C(Cl)=C(/Cl)C(=O)[O-]. The van der Waals surface area contributed by atoms with Crippen molar-refractivity contribution in [1.82, 2.24) is 0 Å². The van der Waals surface area contributed by atoms with Crippen LogP contribution in [0.5, 0.6) is 5.75 Å². The maximum absolute atomic E-state index is 11.7. The van der Waals surface area contributed by atoms with Crippen molar-refractivity contribution in [3.8, 4) is 5.75 Å². The third-order valence-corrected chi connectivity index (χ3v) is 2.81. The third kappa shape index (κ3) is 4.15. The highest BCUT2D eigenvalue weighted by Gasteiger charge is 2.14. The van der Waals surface area contributed by atoms with Crippen molar-refractivity contribution in [2.75, 3.05) is 11.9 Å². The summed E-state index contributed by atoms with van der Waals surface area (Å²) in [4.78, 5) is 22.2. The molecule has 0 aromatic heterocycles. The van der Waals surface area contributed by atoms with Gasteiger partial charge >= 0.3 is 0 Å². The van der Waals surface area contributed by atoms with Crippen molar-refractivity contribution < 1.29 is 19.4 Å². The van der Waals surface area contributed by atoms with E-state index in [1.165, 1.54) is 0 Å². The lowest BCUT2D eigenvalue weighted by Gasteiger charge is -2.11. The number of para-hydroxylation sites is 2. The van der Waals surface area contributed by atoms with Crippen molar-refractivity contribution in [2.45, 2.75) is 6.92 Å². The normalized spacial score (nSPS) is 11.5. The second-order valence-corrected chi connectivity index (χ2v) is 4.05. The number of nitrogens with one attached hydrogen (secondary N) is 1. The van der Waals surface area contributed by atoms with Crippen LogP contribution in [0, 0.1) is 0 Å². The molecule has 0 heterocycles. The zero-order chi connectivity index (χ0) is 14.4. The van der Waals surface area contributed by atoms with Gasteiger partial charge in [-0.05, 0) is 19.1 Å². The number of carboxylic acid groups (broad SMARTS) is 1. The van der Waals surface area contributed by atoms with Crippen LogP contribution in [0.15, 0.2) is 34.3 Å². The Kier molecular flexibility index (Phi) is 5.66. The Labute approximate surface area is 119 Å². The smallest absolute Gasteiger partial charge is 0.268 e. The third-order valence-electron chi connectivity index (χ3n) is 2.01. The van der Waals surface area contributed by atoms with Crippen molar-refractivity contribution in [3.63, 3.8) is 0 Å². The maximum Gasteiger partial charge on any atom is 0.268 e. The monoisotopic (exact) mass is 302 g/mol. The number of hydrogen-bond donors (Lipinski definition) is 1. The molecule has 0 bridgehead atoms. The topological polar surface area (TPSA) is 78.5 Å². The number of halogens is 2. The summed E-state index contributed by atoms with van der Waals surface area (Å²) in [5.41, 5.74) is 0.357. The number of benzene rings is 1. The summed E-state index contributed by atoms with van der Waals surface area (Å²) < 4.78 is 5.29. The van der Waals surface area contributed by atoms with Crippen LogP contribution in [-0.4, -0.2) is 18.5 Å². The quantitative estimate of drug-likeness (QED) is 0.835. The largest absolute Gasteiger partial charge is 0.544 e. The minimum atomic E-state index is -1.72. The van der Waals surface area contributed by atoms with E-state index in [9.17, 15) is 14.7 Å². The molecule has 0 unspecified atom stereocenters. The molecule has 1 aromatic carbocycles. The Bertz CT molecular complexity index is 528. The standard InChI is InChI=1S/C12H11Cl2NO4/c1-2-19-8-6-4-3-5-7(8)15-11(16)9(13)10(14)12(17)18/h3-6H,2H2,1H3,(H,15,16)(H,17,18)/p-1/b10-9-. The Hall–Kier alpha value is -1.72. The molecule has 19 heavy (non-hydrogen) atoms. The molecule has 102 valence electrons. The molecule has 0 radical (unpaired) electrons. The second-order valence-electron chi connectivity index (χ2n) is 3.30. The molecule has 7 heteroatoms. The first kappa shape index (κ1) is 15.3. The Morgan fingerprint density at radius 3 is 2.47 bits per heavy atom. The number of carbonyl (C=O) groups excluding carboxylic acids is 2. The van der Waals surface area contributed by atoms with Crippen molar-refractivity contribution in [1.29, 1.82) is 0 Å². The fraction of sp³-hybridized carbons (Fsp3) is 0.167. The minimum Gasteiger partial charge on any atom is -0.544 e. The molecule has 0 atom stereocenters. The van der Waals surface area contributed by atoms with Gasteiger partial charge in [-0.25, -0.2) is 0 Å². The number of carbonyl (C=O) groups is 2. The van der Waals surface area contributed by atoms with Gasteiger partial charge in [-0.3, -0.25) is 4.79 Å². The summed E-state index contributed by atoms with van der Waals surface area (Å²) in [6.45, 7) is 2.20. The second kappa shape index (κ2) is 7.01. The summed E-state index contributed by atoms with van der Waals surface area (Å²) in [7, 11) is 0. The Morgan fingerprint density at radius 2 is 1.89 bits per heavy atom. The molecule has 1 aromatic rings. The molecule has 0 aliphatic rings. The van der Waals surface area contributed by atoms with Crippen LogP contribution in [0.25, 0.3) is 0 Å². The molecule has 0 saturated carbocycles. The first-order valence-electron chi connectivity index (χ1n) is 5.27. The van der Waals surface area contributed by atoms with E-state index in [-0.39, 0.29) is 0 Å². The lowest BCUT2D eigenvalue weighted by Crippen LogP contribution is -2.25. The van der Waals surface area contributed by atoms with E-state index < -0.39 is 21.9 Å². The summed E-state index contributed by atoms with van der Waals surface area (Å²) in [5.74, 6) is -2.14. The van der Waals surface area contributed by atoms with Crippen LogP contribution in [0.2, 0.25) is 0 Å². The Morgan fingerprint density at radius 1 is 1.26 bits per heavy atom. The fourth-order valence-corrected chi connectivity index (χ4v) is 1.43. The van der Waals surface area contributed by atoms with Crippen molar-refractivity contribution in [2.24, 2.45) is 0 Å². The molecule has 0 aliphatic carbocycles. The van der Waals surface area contributed by atoms with Gasteiger partial charge in [0, 0.05) is 0 Å². The number of anilines is 1. The highest BCUT2D eigenvalue weighted by molar-refractivity contribution is 6.54. The van der Waals surface area contributed by atoms with E-state index in [0.29, 0.717) is 18.0 Å². The van der Waals surface area contributed by atoms with Gasteiger partial charge in [0.1, 0.15) is 10.8 Å². The molecular formula is C12H10Cl2NO4-. The molecule has 0 aliphatic heterocycles. The highest BCUT2D eigenvalue weighted by atomic mass is 35.5. The van der Waals surface area contributed by atoms with E-state index in [2.05, 4.69) is 5.32 Å². The molecule has 0 fully saturated rings. The van der Waals surface area contributed by atoms with Gasteiger partial charge < -0.3 is 20.0 Å². The average Bonchev–Trinajstić information content (AvgIpc) is 2.39. The number of hydrogen-bond acceptors (Lipinski definition) is 4. The van der Waals surface area contributed by atoms with Gasteiger partial charge in [0.25, 0.3) is 5.91 Å². The van der Waals surface area contributed by atoms with Gasteiger partial charge in [-0.2, -0.15) is 0 Å². The van der Waals surface area contributed by atoms with Crippen LogP contribution in [-0.2, 0) is 9.59 Å². The van der Waals surface area contributed by atoms with E-state index >= 15 is 0 Å². The number of rotatable bonds is 5. The first-order valence-corrected chi connectivity index (χ1v) is 6.02. The number of aliphatic carboxylic acids is 1. The molecule has 1 rings (SSSR count). The summed E-state index contributed by atoms with van der Waals surface area (Å²) in [6, 6.07) is 6.64. The maximum atomic E-state index is 11.7. The number of ether oxygens (including phenoxy) is 1. The van der Waals surface area contributed by atoms with Gasteiger partial charge in [0.15, 0.2) is 0 Å². The van der Waals surface area contributed by atoms with Crippen LogP contribution in [0.4, 0.5) is 5.69 Å². The predicted molar refractivity (Wildman–Crippen MR) is 70.0 cm³/mol. The van der Waals surface area contributed by atoms with Gasteiger partial charge in [-0.15, -0.1) is 0 Å². The summed E-state index contributed by atoms with van der Waals surface area (Å²) in [6.07, 6.45) is 0. The van der Waals surface area contributed by atoms with E-state index in [1.807, 2.05) is 0 Å². The zero-order valence-electron chi connectivity index (χ0n) is 9.91. The number of amides is 1. The van der Waals surface area contributed by atoms with Gasteiger partial charge in [0.05, 0.1) is 23.3 Å². The van der Waals surface area contributed by atoms with Crippen LogP contribution >= 0.6 is 23.2 Å². The van der Waals surface area contributed by atoms with Crippen LogP contribution in [0.3, 0.4) is 0 Å². The average molecular weight is 303 g/mol. The van der Waals surface area contributed by atoms with Crippen molar-refractivity contribution >= 4 is 40.8 Å². The molecule has 1 amide bonds. The first-order chi connectivity index (χ1) is 8.97. The lowest BCUT2D eigenvalue weighted by molar-refractivity contribution is -0.298. The van der Waals surface area contributed by atoms with E-state index in [4.69, 9.17) is 27.9 Å². The molecule has 5 nitrogen and oxygen atoms in total. The van der Waals surface area contributed by atoms with E-state index in [1.54, 1.807) is 31.2 Å². The molecule has 1 N–H and O–H groups in total. The lowest BCUT2D eigenvalue weighted by atomic mass is 10.3. The van der Waals surface area contributed by atoms with E-state index in [0.717, 1.165) is 0 Å². The molecule has 0 saturated heterocycles.